The minimum Gasteiger partial charge on any atom is -0.342 e. The molecule has 1 N–H and O–H groups in total. The molecule has 3 saturated heterocycles. The van der Waals surface area contributed by atoms with Crippen molar-refractivity contribution < 1.29 is 22.8 Å². The van der Waals surface area contributed by atoms with Crippen molar-refractivity contribution in [3.8, 4) is 0 Å². The van der Waals surface area contributed by atoms with Crippen molar-refractivity contribution in [2.24, 2.45) is 0 Å². The predicted octanol–water partition coefficient (Wildman–Crippen LogP) is 1.53. The number of likely N-dealkylation sites (tertiary alicyclic amines) is 2. The second kappa shape index (κ2) is 11.8. The van der Waals surface area contributed by atoms with E-state index in [1.54, 1.807) is 35.2 Å². The Kier molecular flexibility index (Phi) is 8.41. The Labute approximate surface area is 233 Å². The van der Waals surface area contributed by atoms with Gasteiger partial charge in [-0.05, 0) is 60.7 Å². The Bertz CT molecular complexity index is 1360. The first-order valence-corrected chi connectivity index (χ1v) is 15.3. The van der Waals surface area contributed by atoms with Crippen molar-refractivity contribution in [2.75, 3.05) is 58.9 Å². The van der Waals surface area contributed by atoms with Crippen LogP contribution in [0, 0.1) is 0 Å². The molecular formula is C27H34ClN5O5S. The molecule has 39 heavy (non-hydrogen) atoms. The van der Waals surface area contributed by atoms with Crippen LogP contribution in [0.15, 0.2) is 41.3 Å². The molecule has 0 spiro atoms. The number of sulfonamides is 1. The molecule has 1 atom stereocenters. The van der Waals surface area contributed by atoms with Crippen molar-refractivity contribution >= 4 is 50.1 Å². The Hall–Kier alpha value is -2.73. The molecule has 12 heteroatoms. The van der Waals surface area contributed by atoms with E-state index in [0.717, 1.165) is 36.7 Å². The van der Waals surface area contributed by atoms with Crippen molar-refractivity contribution in [3.63, 3.8) is 0 Å². The van der Waals surface area contributed by atoms with E-state index in [1.165, 1.54) is 11.0 Å². The molecule has 0 aromatic heterocycles. The third-order valence-corrected chi connectivity index (χ3v) is 9.49. The summed E-state index contributed by atoms with van der Waals surface area (Å²) in [6.07, 6.45) is 3.08. The van der Waals surface area contributed by atoms with Gasteiger partial charge in [0.1, 0.15) is 6.04 Å². The predicted molar refractivity (Wildman–Crippen MR) is 148 cm³/mol. The molecule has 2 aromatic rings. The summed E-state index contributed by atoms with van der Waals surface area (Å²) in [5, 5.41) is 2.11. The molecule has 0 unspecified atom stereocenters. The number of piperazine rings is 1. The van der Waals surface area contributed by atoms with Crippen LogP contribution in [0.3, 0.4) is 0 Å². The van der Waals surface area contributed by atoms with E-state index in [1.807, 2.05) is 4.90 Å². The van der Waals surface area contributed by atoms with Gasteiger partial charge in [-0.15, -0.1) is 0 Å². The van der Waals surface area contributed by atoms with Crippen LogP contribution in [0.5, 0.6) is 0 Å². The lowest BCUT2D eigenvalue weighted by Crippen LogP contribution is -2.56. The van der Waals surface area contributed by atoms with Crippen molar-refractivity contribution in [1.82, 2.24) is 24.3 Å². The number of carbonyl (C=O) groups excluding carboxylic acids is 3. The lowest BCUT2D eigenvalue weighted by Gasteiger charge is -2.37. The maximum atomic E-state index is 13.2. The number of hydrogen-bond acceptors (Lipinski definition) is 6. The number of nitrogens with one attached hydrogen (secondary N) is 1. The zero-order valence-corrected chi connectivity index (χ0v) is 23.4. The second-order valence-corrected chi connectivity index (χ2v) is 12.6. The zero-order valence-electron chi connectivity index (χ0n) is 21.9. The van der Waals surface area contributed by atoms with E-state index in [0.29, 0.717) is 57.1 Å². The number of halogens is 1. The van der Waals surface area contributed by atoms with E-state index in [-0.39, 0.29) is 29.2 Å². The second-order valence-electron chi connectivity index (χ2n) is 10.5. The molecule has 210 valence electrons. The summed E-state index contributed by atoms with van der Waals surface area (Å²) >= 11 is 6.02. The average molecular weight is 576 g/mol. The van der Waals surface area contributed by atoms with Gasteiger partial charge in [-0.2, -0.15) is 4.72 Å². The molecule has 10 nitrogen and oxygen atoms in total. The highest BCUT2D eigenvalue weighted by atomic mass is 35.5. The molecule has 0 saturated carbocycles. The minimum absolute atomic E-state index is 0.0689. The molecule has 3 amide bonds. The van der Waals surface area contributed by atoms with Crippen molar-refractivity contribution in [2.45, 2.75) is 36.6 Å². The summed E-state index contributed by atoms with van der Waals surface area (Å²) in [6, 6.07) is 9.02. The van der Waals surface area contributed by atoms with Crippen LogP contribution in [0.4, 0.5) is 0 Å². The molecule has 3 heterocycles. The summed E-state index contributed by atoms with van der Waals surface area (Å²) in [6.45, 7) is 4.57. The number of nitrogens with zero attached hydrogens (tertiary/aromatic N) is 4. The number of rotatable bonds is 7. The Morgan fingerprint density at radius 2 is 1.46 bits per heavy atom. The summed E-state index contributed by atoms with van der Waals surface area (Å²) in [4.78, 5) is 45.8. The summed E-state index contributed by atoms with van der Waals surface area (Å²) in [5.41, 5.74) is 0. The van der Waals surface area contributed by atoms with Gasteiger partial charge in [0.15, 0.2) is 0 Å². The first kappa shape index (κ1) is 27.8. The molecule has 3 aliphatic rings. The number of amides is 3. The maximum absolute atomic E-state index is 13.2. The SMILES string of the molecule is O=C(CN1CCN(C(=O)CN2CCC[C@H](NS(=O)(=O)c3ccc4cc(Cl)ccc4c3)C2=O)CC1)N1CCCC1. The molecule has 5 rings (SSSR count). The number of fused-ring (bicyclic) bond motifs is 1. The fourth-order valence-electron chi connectivity index (χ4n) is 5.50. The number of hydrogen-bond donors (Lipinski definition) is 1. The largest absolute Gasteiger partial charge is 0.342 e. The van der Waals surface area contributed by atoms with Gasteiger partial charge in [0.05, 0.1) is 18.0 Å². The third-order valence-electron chi connectivity index (χ3n) is 7.78. The zero-order chi connectivity index (χ0) is 27.6. The Morgan fingerprint density at radius 3 is 2.21 bits per heavy atom. The van der Waals surface area contributed by atoms with Gasteiger partial charge < -0.3 is 14.7 Å². The average Bonchev–Trinajstić information content (AvgIpc) is 3.46. The molecule has 3 aliphatic heterocycles. The molecule has 2 aromatic carbocycles. The topological polar surface area (TPSA) is 110 Å². The van der Waals surface area contributed by atoms with E-state index >= 15 is 0 Å². The first-order valence-electron chi connectivity index (χ1n) is 13.5. The third kappa shape index (κ3) is 6.54. The van der Waals surface area contributed by atoms with Crippen LogP contribution in [0.2, 0.25) is 5.02 Å². The molecule has 0 radical (unpaired) electrons. The van der Waals surface area contributed by atoms with Crippen LogP contribution < -0.4 is 4.72 Å². The van der Waals surface area contributed by atoms with Crippen LogP contribution in [-0.2, 0) is 24.4 Å². The van der Waals surface area contributed by atoms with Gasteiger partial charge in [-0.3, -0.25) is 19.3 Å². The van der Waals surface area contributed by atoms with Crippen molar-refractivity contribution in [1.29, 1.82) is 0 Å². The van der Waals surface area contributed by atoms with E-state index in [9.17, 15) is 22.8 Å². The number of carbonyl (C=O) groups is 3. The smallest absolute Gasteiger partial charge is 0.242 e. The molecule has 0 aliphatic carbocycles. The van der Waals surface area contributed by atoms with Crippen LogP contribution in [0.1, 0.15) is 25.7 Å². The normalized spacial score (nSPS) is 21.1. The highest BCUT2D eigenvalue weighted by Crippen LogP contribution is 2.23. The number of piperidine rings is 1. The van der Waals surface area contributed by atoms with Crippen LogP contribution >= 0.6 is 11.6 Å². The first-order chi connectivity index (χ1) is 18.7. The summed E-state index contributed by atoms with van der Waals surface area (Å²) < 4.78 is 28.8. The van der Waals surface area contributed by atoms with Gasteiger partial charge in [0.2, 0.25) is 27.7 Å². The maximum Gasteiger partial charge on any atom is 0.242 e. The number of benzene rings is 2. The van der Waals surface area contributed by atoms with Crippen molar-refractivity contribution in [3.05, 3.63) is 41.4 Å². The monoisotopic (exact) mass is 575 g/mol. The minimum atomic E-state index is -3.95. The highest BCUT2D eigenvalue weighted by Gasteiger charge is 2.34. The highest BCUT2D eigenvalue weighted by molar-refractivity contribution is 7.89. The quantitative estimate of drug-likeness (QED) is 0.536. The van der Waals surface area contributed by atoms with Crippen LogP contribution in [-0.4, -0.2) is 111 Å². The van der Waals surface area contributed by atoms with E-state index < -0.39 is 16.1 Å². The van der Waals surface area contributed by atoms with Crippen LogP contribution in [0.25, 0.3) is 10.8 Å². The lowest BCUT2D eigenvalue weighted by atomic mass is 10.1. The molecule has 0 bridgehead atoms. The fraction of sp³-hybridized carbons (Fsp3) is 0.519. The van der Waals surface area contributed by atoms with Gasteiger partial charge in [-0.25, -0.2) is 8.42 Å². The van der Waals surface area contributed by atoms with Gasteiger partial charge in [0.25, 0.3) is 0 Å². The van der Waals surface area contributed by atoms with Gasteiger partial charge in [-0.1, -0.05) is 23.7 Å². The Balaban J connectivity index is 1.14. The van der Waals surface area contributed by atoms with E-state index in [2.05, 4.69) is 9.62 Å². The summed E-state index contributed by atoms with van der Waals surface area (Å²) in [5.74, 6) is -0.404. The molecular weight excluding hydrogens is 542 g/mol. The summed E-state index contributed by atoms with van der Waals surface area (Å²) in [7, 11) is -3.95. The lowest BCUT2D eigenvalue weighted by molar-refractivity contribution is -0.144. The van der Waals surface area contributed by atoms with E-state index in [4.69, 9.17) is 11.6 Å². The Morgan fingerprint density at radius 1 is 0.821 bits per heavy atom. The molecule has 3 fully saturated rings. The van der Waals surface area contributed by atoms with Gasteiger partial charge in [0, 0.05) is 50.8 Å². The standard InChI is InChI=1S/C27H34ClN5O5S/c28-22-7-5-21-17-23(8-6-20(21)16-22)39(37,38)29-24-4-3-11-33(27(24)36)19-26(35)32-14-12-30(13-15-32)18-25(34)31-9-1-2-10-31/h5-8,16-17,24,29H,1-4,9-15,18-19H2/t24-/m0/s1. The van der Waals surface area contributed by atoms with Gasteiger partial charge >= 0.3 is 0 Å². The fourth-order valence-corrected chi connectivity index (χ4v) is 6.94.